The normalized spacial score (nSPS) is 34.6. The molecule has 45 heavy (non-hydrogen) atoms. The minimum atomic E-state index is -5.84. The third-order valence-corrected chi connectivity index (χ3v) is 12.7. The van der Waals surface area contributed by atoms with E-state index in [0.29, 0.717) is 47.5 Å². The Hall–Kier alpha value is -1.90. The zero-order valence-electron chi connectivity index (χ0n) is 27.5. The molecular weight excluding hydrogens is 590 g/mol. The fraction of sp³-hybridized carbons (Fsp3) is 0.778. The van der Waals surface area contributed by atoms with Gasteiger partial charge in [-0.1, -0.05) is 65.5 Å². The number of benzene rings is 1. The van der Waals surface area contributed by atoms with E-state index in [1.165, 1.54) is 32.1 Å². The third kappa shape index (κ3) is 5.79. The van der Waals surface area contributed by atoms with Gasteiger partial charge in [-0.2, -0.15) is 26.3 Å². The van der Waals surface area contributed by atoms with Gasteiger partial charge >= 0.3 is 18.0 Å². The van der Waals surface area contributed by atoms with Crippen molar-refractivity contribution in [3.63, 3.8) is 0 Å². The van der Waals surface area contributed by atoms with E-state index in [1.54, 1.807) is 0 Å². The lowest BCUT2D eigenvalue weighted by atomic mass is 9.47. The van der Waals surface area contributed by atoms with Crippen molar-refractivity contribution in [3.05, 3.63) is 35.4 Å². The molecule has 3 fully saturated rings. The van der Waals surface area contributed by atoms with Crippen LogP contribution < -0.4 is 11.5 Å². The van der Waals surface area contributed by atoms with E-state index < -0.39 is 35.3 Å². The molecule has 8 atom stereocenters. The average Bonchev–Trinajstić information content (AvgIpc) is 3.29. The van der Waals surface area contributed by atoms with E-state index in [-0.39, 0.29) is 23.9 Å². The molecule has 0 aromatic heterocycles. The van der Waals surface area contributed by atoms with Gasteiger partial charge in [-0.05, 0) is 116 Å². The molecule has 0 radical (unpaired) electrons. The topological polar surface area (TPSA) is 61.3 Å². The standard InChI is InChI=1S/C36H52F6N2O/c1-21(2)7-6-8-22(3)27-13-14-28-26-11-9-23-19-25(15-17-32(23,4)29(26)16-18-33(27,28)5)45-36(41,42)35(39,40)34(37,38)30-12-10-24(43)20-31(30)44/h9-10,12,20-22,25-29H,6-8,11,13-19,43-44H2,1-5H3/t22-,25+,26+,27-,28+,29+,32+,33-/m1/s1. The van der Waals surface area contributed by atoms with Crippen molar-refractivity contribution in [2.75, 3.05) is 11.5 Å². The Kier molecular flexibility index (Phi) is 9.15. The van der Waals surface area contributed by atoms with E-state index in [4.69, 9.17) is 11.5 Å². The van der Waals surface area contributed by atoms with E-state index >= 15 is 8.78 Å². The van der Waals surface area contributed by atoms with Gasteiger partial charge in [0, 0.05) is 11.4 Å². The summed E-state index contributed by atoms with van der Waals surface area (Å²) in [5.41, 5.74) is 9.73. The molecule has 1 aromatic rings. The van der Waals surface area contributed by atoms with E-state index in [0.717, 1.165) is 42.9 Å². The molecule has 9 heteroatoms. The van der Waals surface area contributed by atoms with Gasteiger partial charge in [0.15, 0.2) is 0 Å². The lowest BCUT2D eigenvalue weighted by Crippen LogP contribution is -2.56. The Balaban J connectivity index is 1.28. The highest BCUT2D eigenvalue weighted by molar-refractivity contribution is 5.58. The molecule has 0 bridgehead atoms. The van der Waals surface area contributed by atoms with Crippen LogP contribution in [0.15, 0.2) is 29.8 Å². The van der Waals surface area contributed by atoms with Crippen LogP contribution in [0.5, 0.6) is 0 Å². The molecule has 254 valence electrons. The number of rotatable bonds is 10. The predicted octanol–water partition coefficient (Wildman–Crippen LogP) is 10.6. The maximum atomic E-state index is 15.0. The third-order valence-electron chi connectivity index (χ3n) is 12.7. The van der Waals surface area contributed by atoms with Gasteiger partial charge < -0.3 is 16.2 Å². The monoisotopic (exact) mass is 642 g/mol. The first-order valence-electron chi connectivity index (χ1n) is 17.0. The van der Waals surface area contributed by atoms with Crippen LogP contribution in [0.3, 0.4) is 0 Å². The quantitative estimate of drug-likeness (QED) is 0.152. The molecule has 4 aliphatic carbocycles. The lowest BCUT2D eigenvalue weighted by molar-refractivity contribution is -0.412. The van der Waals surface area contributed by atoms with Gasteiger partial charge in [0.25, 0.3) is 0 Å². The lowest BCUT2D eigenvalue weighted by Gasteiger charge is -2.58. The number of nitrogen functional groups attached to an aromatic ring is 2. The molecule has 5 rings (SSSR count). The molecule has 4 aliphatic rings. The van der Waals surface area contributed by atoms with Gasteiger partial charge in [0.2, 0.25) is 0 Å². The number of hydrogen-bond donors (Lipinski definition) is 2. The molecule has 0 unspecified atom stereocenters. The summed E-state index contributed by atoms with van der Waals surface area (Å²) in [6.45, 7) is 11.7. The summed E-state index contributed by atoms with van der Waals surface area (Å²) in [7, 11) is 0. The van der Waals surface area contributed by atoms with Crippen molar-refractivity contribution in [1.29, 1.82) is 0 Å². The summed E-state index contributed by atoms with van der Waals surface area (Å²) in [6, 6.07) is 2.32. The molecule has 3 nitrogen and oxygen atoms in total. The Bertz CT molecular complexity index is 1270. The number of ether oxygens (including phenoxy) is 1. The molecule has 0 aliphatic heterocycles. The minimum Gasteiger partial charge on any atom is -0.399 e. The van der Waals surface area contributed by atoms with Crippen LogP contribution in [0.25, 0.3) is 0 Å². The summed E-state index contributed by atoms with van der Waals surface area (Å²) in [4.78, 5) is 0. The number of hydrogen-bond acceptors (Lipinski definition) is 3. The van der Waals surface area contributed by atoms with Crippen LogP contribution in [0, 0.1) is 46.3 Å². The van der Waals surface area contributed by atoms with E-state index in [2.05, 4.69) is 45.4 Å². The van der Waals surface area contributed by atoms with Gasteiger partial charge in [0.05, 0.1) is 11.7 Å². The van der Waals surface area contributed by atoms with Crippen molar-refractivity contribution < 1.29 is 31.1 Å². The molecule has 3 saturated carbocycles. The molecule has 0 amide bonds. The summed E-state index contributed by atoms with van der Waals surface area (Å²) >= 11 is 0. The molecule has 0 saturated heterocycles. The Morgan fingerprint density at radius 3 is 2.29 bits per heavy atom. The molecule has 0 spiro atoms. The van der Waals surface area contributed by atoms with Crippen LogP contribution in [-0.2, 0) is 10.7 Å². The summed E-state index contributed by atoms with van der Waals surface area (Å²) in [5.74, 6) is -7.47. The Morgan fingerprint density at radius 1 is 0.911 bits per heavy atom. The summed E-state index contributed by atoms with van der Waals surface area (Å²) in [5, 5.41) is 0. The molecule has 0 heterocycles. The molecule has 4 N–H and O–H groups in total. The Morgan fingerprint density at radius 2 is 1.62 bits per heavy atom. The number of alkyl halides is 6. The second kappa shape index (κ2) is 12.0. The summed E-state index contributed by atoms with van der Waals surface area (Å²) < 4.78 is 94.6. The average molecular weight is 643 g/mol. The van der Waals surface area contributed by atoms with Gasteiger partial charge in [-0.3, -0.25) is 0 Å². The van der Waals surface area contributed by atoms with Gasteiger partial charge in [0.1, 0.15) is 0 Å². The Labute approximate surface area is 264 Å². The van der Waals surface area contributed by atoms with Crippen LogP contribution in [0.2, 0.25) is 0 Å². The smallest absolute Gasteiger partial charge is 0.399 e. The van der Waals surface area contributed by atoms with Gasteiger partial charge in [-0.15, -0.1) is 0 Å². The predicted molar refractivity (Wildman–Crippen MR) is 167 cm³/mol. The van der Waals surface area contributed by atoms with Crippen molar-refractivity contribution >= 4 is 11.4 Å². The number of nitrogens with two attached hydrogens (primary N) is 2. The fourth-order valence-electron chi connectivity index (χ4n) is 10.3. The first-order chi connectivity index (χ1) is 20.8. The van der Waals surface area contributed by atoms with Gasteiger partial charge in [-0.25, -0.2) is 0 Å². The largest absolute Gasteiger partial charge is 0.426 e. The van der Waals surface area contributed by atoms with Crippen LogP contribution in [0.4, 0.5) is 37.7 Å². The van der Waals surface area contributed by atoms with E-state index in [1.807, 2.05) is 0 Å². The second-order valence-corrected chi connectivity index (χ2v) is 15.8. The van der Waals surface area contributed by atoms with Crippen molar-refractivity contribution in [3.8, 4) is 0 Å². The SMILES string of the molecule is CC(C)CCC[C@@H](C)[C@H]1CC[C@H]2[C@@H]3CC=C4C[C@@H](OC(F)(F)C(F)(F)C(F)(F)c5ccc(N)cc5N)CC[C@]4(C)[C@H]3CC[C@]12C. The molecular formula is C36H52F6N2O. The minimum absolute atomic E-state index is 0.0401. The molecule has 1 aromatic carbocycles. The highest BCUT2D eigenvalue weighted by Crippen LogP contribution is 2.67. The number of allylic oxidation sites excluding steroid dienone is 1. The second-order valence-electron chi connectivity index (χ2n) is 15.8. The first kappa shape index (κ1) is 34.4. The number of anilines is 2. The maximum absolute atomic E-state index is 15.0. The first-order valence-corrected chi connectivity index (χ1v) is 17.0. The zero-order valence-corrected chi connectivity index (χ0v) is 27.5. The highest BCUT2D eigenvalue weighted by atomic mass is 19.3. The van der Waals surface area contributed by atoms with Crippen LogP contribution >= 0.6 is 0 Å². The summed E-state index contributed by atoms with van der Waals surface area (Å²) in [6.07, 6.45) is 5.42. The zero-order chi connectivity index (χ0) is 33.2. The highest BCUT2D eigenvalue weighted by Gasteiger charge is 2.74. The van der Waals surface area contributed by atoms with Crippen LogP contribution in [0.1, 0.15) is 111 Å². The number of fused-ring (bicyclic) bond motifs is 5. The maximum Gasteiger partial charge on any atom is 0.426 e. The van der Waals surface area contributed by atoms with E-state index in [9.17, 15) is 17.6 Å². The van der Waals surface area contributed by atoms with Crippen molar-refractivity contribution in [1.82, 2.24) is 0 Å². The van der Waals surface area contributed by atoms with Crippen LogP contribution in [-0.4, -0.2) is 18.1 Å². The van der Waals surface area contributed by atoms with Crippen molar-refractivity contribution in [2.24, 2.45) is 46.3 Å². The van der Waals surface area contributed by atoms with Crippen molar-refractivity contribution in [2.45, 2.75) is 129 Å². The fourth-order valence-corrected chi connectivity index (χ4v) is 10.3. The number of halogens is 6.